The molecule has 0 radical (unpaired) electrons. The minimum atomic E-state index is -0.217. The molecule has 14 heavy (non-hydrogen) atoms. The molecule has 7 nitrogen and oxygen atoms in total. The number of rotatable bonds is 4. The van der Waals surface area contributed by atoms with Gasteiger partial charge in [0.25, 0.3) is 0 Å². The summed E-state index contributed by atoms with van der Waals surface area (Å²) in [5.74, 6) is -0.0834. The Hall–Kier alpha value is -2.10. The average molecular weight is 194 g/mol. The molecule has 1 heterocycles. The number of hydrogen-bond acceptors (Lipinski definition) is 5. The van der Waals surface area contributed by atoms with Gasteiger partial charge in [-0.25, -0.2) is 9.67 Å². The maximum absolute atomic E-state index is 11.1. The Bertz CT molecular complexity index is 351. The molecule has 3 N–H and O–H groups in total. The number of nitriles is 1. The highest BCUT2D eigenvalue weighted by molar-refractivity contribution is 5.75. The van der Waals surface area contributed by atoms with Crippen LogP contribution >= 0.6 is 0 Å². The van der Waals surface area contributed by atoms with E-state index in [0.717, 1.165) is 0 Å². The first-order valence-corrected chi connectivity index (χ1v) is 4.01. The number of nitrogens with one attached hydrogen (secondary N) is 1. The van der Waals surface area contributed by atoms with Crippen LogP contribution < -0.4 is 11.1 Å². The molecule has 0 aliphatic carbocycles. The average Bonchev–Trinajstić information content (AvgIpc) is 2.52. The molecule has 1 aromatic heterocycles. The van der Waals surface area contributed by atoms with Crippen LogP contribution in [-0.4, -0.2) is 27.2 Å². The Kier molecular flexibility index (Phi) is 3.43. The largest absolute Gasteiger partial charge is 0.367 e. The number of nitrogens with zero attached hydrogens (tertiary/aromatic N) is 4. The molecule has 0 saturated heterocycles. The van der Waals surface area contributed by atoms with E-state index in [1.807, 2.05) is 6.07 Å². The van der Waals surface area contributed by atoms with Gasteiger partial charge in [-0.05, 0) is 0 Å². The number of anilines is 1. The normalized spacial score (nSPS) is 9.36. The molecule has 1 amide bonds. The van der Waals surface area contributed by atoms with Gasteiger partial charge in [0.1, 0.15) is 12.9 Å². The third-order valence-electron chi connectivity index (χ3n) is 1.42. The summed E-state index contributed by atoms with van der Waals surface area (Å²) in [6.07, 6.45) is 1.67. The van der Waals surface area contributed by atoms with Crippen LogP contribution in [0.4, 0.5) is 5.95 Å². The van der Waals surface area contributed by atoms with Crippen LogP contribution in [0.3, 0.4) is 0 Å². The highest BCUT2D eigenvalue weighted by atomic mass is 16.2. The van der Waals surface area contributed by atoms with Gasteiger partial charge in [-0.3, -0.25) is 4.79 Å². The maximum atomic E-state index is 11.1. The van der Waals surface area contributed by atoms with Crippen LogP contribution in [0.5, 0.6) is 0 Å². The summed E-state index contributed by atoms with van der Waals surface area (Å²) < 4.78 is 1.33. The number of amides is 1. The van der Waals surface area contributed by atoms with Crippen molar-refractivity contribution < 1.29 is 4.79 Å². The lowest BCUT2D eigenvalue weighted by Gasteiger charge is -2.01. The number of aromatic nitrogens is 3. The molecule has 1 aromatic rings. The topological polar surface area (TPSA) is 110 Å². The van der Waals surface area contributed by atoms with E-state index in [2.05, 4.69) is 15.4 Å². The van der Waals surface area contributed by atoms with Gasteiger partial charge in [0.2, 0.25) is 11.9 Å². The second-order valence-electron chi connectivity index (χ2n) is 2.56. The van der Waals surface area contributed by atoms with Gasteiger partial charge in [-0.1, -0.05) is 0 Å². The molecule has 0 aliphatic rings. The van der Waals surface area contributed by atoms with Crippen LogP contribution in [0.2, 0.25) is 0 Å². The number of hydrogen-bond donors (Lipinski definition) is 2. The molecule has 0 fully saturated rings. The maximum Gasteiger partial charge on any atom is 0.241 e. The zero-order valence-electron chi connectivity index (χ0n) is 7.47. The number of nitrogen functional groups attached to an aromatic ring is 1. The van der Waals surface area contributed by atoms with Gasteiger partial charge in [0, 0.05) is 6.54 Å². The smallest absolute Gasteiger partial charge is 0.241 e. The minimum absolute atomic E-state index is 0.0651. The van der Waals surface area contributed by atoms with Gasteiger partial charge in [0.05, 0.1) is 12.5 Å². The summed E-state index contributed by atoms with van der Waals surface area (Å²) in [5, 5.41) is 14.5. The number of carbonyl (C=O) groups is 1. The summed E-state index contributed by atoms with van der Waals surface area (Å²) in [5.41, 5.74) is 5.26. The molecule has 0 aliphatic heterocycles. The van der Waals surface area contributed by atoms with Crippen LogP contribution in [0.15, 0.2) is 6.33 Å². The second-order valence-corrected chi connectivity index (χ2v) is 2.56. The molecule has 0 atom stereocenters. The van der Waals surface area contributed by atoms with Gasteiger partial charge in [0.15, 0.2) is 0 Å². The zero-order valence-corrected chi connectivity index (χ0v) is 7.47. The Labute approximate surface area is 80.5 Å². The van der Waals surface area contributed by atoms with Crippen molar-refractivity contribution in [3.8, 4) is 6.07 Å². The van der Waals surface area contributed by atoms with Gasteiger partial charge < -0.3 is 11.1 Å². The molecule has 0 saturated carbocycles. The molecular formula is C7H10N6O. The van der Waals surface area contributed by atoms with Crippen molar-refractivity contribution in [3.63, 3.8) is 0 Å². The molecule has 1 rings (SSSR count). The van der Waals surface area contributed by atoms with E-state index in [1.54, 1.807) is 0 Å². The Morgan fingerprint density at radius 2 is 2.57 bits per heavy atom. The lowest BCUT2D eigenvalue weighted by Crippen LogP contribution is -2.28. The fourth-order valence-corrected chi connectivity index (χ4v) is 0.846. The van der Waals surface area contributed by atoms with Crippen molar-refractivity contribution >= 4 is 11.9 Å². The van der Waals surface area contributed by atoms with Crippen LogP contribution in [0.1, 0.15) is 6.42 Å². The predicted octanol–water partition coefficient (Wildman–Crippen LogP) is -1.11. The Balaban J connectivity index is 2.31. The standard InChI is InChI=1S/C7H10N6O/c8-2-1-3-10-6(14)4-13-5-11-7(9)12-13/h5H,1,3-4H2,(H2,9,12)(H,10,14). The molecule has 0 unspecified atom stereocenters. The van der Waals surface area contributed by atoms with Gasteiger partial charge in [-0.2, -0.15) is 5.26 Å². The Morgan fingerprint density at radius 3 is 3.14 bits per heavy atom. The lowest BCUT2D eigenvalue weighted by atomic mass is 10.4. The summed E-state index contributed by atoms with van der Waals surface area (Å²) in [4.78, 5) is 14.8. The summed E-state index contributed by atoms with van der Waals surface area (Å²) in [6.45, 7) is 0.412. The van der Waals surface area contributed by atoms with E-state index < -0.39 is 0 Å². The third kappa shape index (κ3) is 3.10. The first-order chi connectivity index (χ1) is 6.72. The summed E-state index contributed by atoms with van der Waals surface area (Å²) >= 11 is 0. The third-order valence-corrected chi connectivity index (χ3v) is 1.42. The molecule has 74 valence electrons. The SMILES string of the molecule is N#CCCNC(=O)Cn1cnc(N)n1. The van der Waals surface area contributed by atoms with Crippen LogP contribution in [-0.2, 0) is 11.3 Å². The monoisotopic (exact) mass is 194 g/mol. The van der Waals surface area contributed by atoms with Crippen molar-refractivity contribution in [2.24, 2.45) is 0 Å². The second kappa shape index (κ2) is 4.81. The van der Waals surface area contributed by atoms with Crippen molar-refractivity contribution in [2.75, 3.05) is 12.3 Å². The fraction of sp³-hybridized carbons (Fsp3) is 0.429. The van der Waals surface area contributed by atoms with E-state index in [0.29, 0.717) is 13.0 Å². The van der Waals surface area contributed by atoms with Crippen molar-refractivity contribution in [3.05, 3.63) is 6.33 Å². The highest BCUT2D eigenvalue weighted by Gasteiger charge is 2.03. The predicted molar refractivity (Wildman–Crippen MR) is 47.7 cm³/mol. The summed E-state index contributed by atoms with van der Waals surface area (Å²) in [6, 6.07) is 1.92. The zero-order chi connectivity index (χ0) is 10.4. The lowest BCUT2D eigenvalue weighted by molar-refractivity contribution is -0.121. The first kappa shape index (κ1) is 9.98. The van der Waals surface area contributed by atoms with E-state index in [9.17, 15) is 4.79 Å². The molecule has 7 heteroatoms. The van der Waals surface area contributed by atoms with E-state index in [1.165, 1.54) is 11.0 Å². The molecular weight excluding hydrogens is 184 g/mol. The van der Waals surface area contributed by atoms with E-state index >= 15 is 0 Å². The van der Waals surface area contributed by atoms with E-state index in [-0.39, 0.29) is 18.4 Å². The van der Waals surface area contributed by atoms with Crippen LogP contribution in [0, 0.1) is 11.3 Å². The first-order valence-electron chi connectivity index (χ1n) is 4.01. The number of carbonyl (C=O) groups excluding carboxylic acids is 1. The summed E-state index contributed by atoms with van der Waals surface area (Å²) in [7, 11) is 0. The minimum Gasteiger partial charge on any atom is -0.367 e. The van der Waals surface area contributed by atoms with Gasteiger partial charge >= 0.3 is 0 Å². The Morgan fingerprint density at radius 1 is 1.79 bits per heavy atom. The highest BCUT2D eigenvalue weighted by Crippen LogP contribution is 1.88. The molecule has 0 bridgehead atoms. The molecule has 0 aromatic carbocycles. The number of nitrogens with two attached hydrogens (primary N) is 1. The quantitative estimate of drug-likeness (QED) is 0.590. The van der Waals surface area contributed by atoms with Gasteiger partial charge in [-0.15, -0.1) is 5.10 Å². The van der Waals surface area contributed by atoms with E-state index in [4.69, 9.17) is 11.0 Å². The van der Waals surface area contributed by atoms with Crippen LogP contribution in [0.25, 0.3) is 0 Å². The van der Waals surface area contributed by atoms with Crippen molar-refractivity contribution in [1.29, 1.82) is 5.26 Å². The molecule has 0 spiro atoms. The van der Waals surface area contributed by atoms with Crippen molar-refractivity contribution in [1.82, 2.24) is 20.1 Å². The van der Waals surface area contributed by atoms with Crippen molar-refractivity contribution in [2.45, 2.75) is 13.0 Å². The fourth-order valence-electron chi connectivity index (χ4n) is 0.846.